The van der Waals surface area contributed by atoms with Crippen LogP contribution in [0.1, 0.15) is 15.9 Å². The summed E-state index contributed by atoms with van der Waals surface area (Å²) in [7, 11) is 1.93. The first kappa shape index (κ1) is 18.9. The van der Waals surface area contributed by atoms with E-state index in [9.17, 15) is 9.59 Å². The zero-order valence-electron chi connectivity index (χ0n) is 15.7. The van der Waals surface area contributed by atoms with E-state index in [4.69, 9.17) is 16.3 Å². The van der Waals surface area contributed by atoms with Crippen molar-refractivity contribution >= 4 is 34.7 Å². The number of fused-ring (bicyclic) bond motifs is 1. The number of ether oxygens (including phenoxy) is 1. The summed E-state index contributed by atoms with van der Waals surface area (Å²) in [5.41, 5.74) is 3.34. The zero-order chi connectivity index (χ0) is 19.7. The molecule has 0 unspecified atom stereocenters. The molecule has 0 aromatic heterocycles. The minimum absolute atomic E-state index is 0.338. The number of Topliss-reactive ketones (excluding diaryl/α,β-unsaturated/α-hetero) is 1. The second-order valence-electron chi connectivity index (χ2n) is 7.15. The number of hydrogen-bond donors (Lipinski definition) is 0. The smallest absolute Gasteiger partial charge is 0.300 e. The maximum absolute atomic E-state index is 12.4. The average molecular weight is 400 g/mol. The molecule has 6 nitrogen and oxygen atoms in total. The molecule has 146 valence electrons. The fourth-order valence-electron chi connectivity index (χ4n) is 3.65. The highest BCUT2D eigenvalue weighted by atomic mass is 35.5. The number of morpholine rings is 1. The minimum Gasteiger partial charge on any atom is -0.378 e. The number of ketones is 1. The van der Waals surface area contributed by atoms with Crippen LogP contribution in [0.2, 0.25) is 5.02 Å². The first-order chi connectivity index (χ1) is 13.5. The Kier molecular flexibility index (Phi) is 5.35. The molecule has 0 saturated carbocycles. The molecule has 28 heavy (non-hydrogen) atoms. The minimum atomic E-state index is -0.508. The van der Waals surface area contributed by atoms with E-state index >= 15 is 0 Å². The standard InChI is InChI=1S/C21H22ClN3O3/c1-23(13-15-2-5-17(6-3-15)24-8-10-28-11-9-24)14-25-19-7-4-16(22)12-18(19)20(26)21(25)27/h2-7,12H,8-11,13-14H2,1H3. The Morgan fingerprint density at radius 1 is 1.07 bits per heavy atom. The van der Waals surface area contributed by atoms with E-state index in [0.29, 0.717) is 29.5 Å². The monoisotopic (exact) mass is 399 g/mol. The second-order valence-corrected chi connectivity index (χ2v) is 7.58. The molecule has 0 aliphatic carbocycles. The molecular weight excluding hydrogens is 378 g/mol. The summed E-state index contributed by atoms with van der Waals surface area (Å²) in [6.45, 7) is 4.36. The van der Waals surface area contributed by atoms with Crippen LogP contribution in [0.5, 0.6) is 0 Å². The van der Waals surface area contributed by atoms with Crippen molar-refractivity contribution in [1.82, 2.24) is 4.90 Å². The Labute approximate surface area is 169 Å². The van der Waals surface area contributed by atoms with Gasteiger partial charge in [0.25, 0.3) is 5.78 Å². The van der Waals surface area contributed by atoms with Crippen LogP contribution < -0.4 is 9.80 Å². The van der Waals surface area contributed by atoms with Crippen LogP contribution in [-0.2, 0) is 16.1 Å². The molecule has 2 aliphatic rings. The van der Waals surface area contributed by atoms with Gasteiger partial charge in [-0.1, -0.05) is 23.7 Å². The van der Waals surface area contributed by atoms with E-state index in [1.165, 1.54) is 10.6 Å². The number of amides is 1. The van der Waals surface area contributed by atoms with Crippen LogP contribution in [0.3, 0.4) is 0 Å². The van der Waals surface area contributed by atoms with Gasteiger partial charge in [-0.05, 0) is 42.9 Å². The first-order valence-corrected chi connectivity index (χ1v) is 9.66. The summed E-state index contributed by atoms with van der Waals surface area (Å²) in [6.07, 6.45) is 0. The van der Waals surface area contributed by atoms with Gasteiger partial charge < -0.3 is 9.64 Å². The lowest BCUT2D eigenvalue weighted by atomic mass is 10.1. The van der Waals surface area contributed by atoms with E-state index in [0.717, 1.165) is 31.9 Å². The van der Waals surface area contributed by atoms with Crippen molar-refractivity contribution < 1.29 is 14.3 Å². The third-order valence-corrected chi connectivity index (χ3v) is 5.32. The number of halogens is 1. The second kappa shape index (κ2) is 7.91. The zero-order valence-corrected chi connectivity index (χ0v) is 16.5. The molecule has 1 fully saturated rings. The molecule has 0 spiro atoms. The summed E-state index contributed by atoms with van der Waals surface area (Å²) in [5.74, 6) is -1.01. The number of carbonyl (C=O) groups is 2. The summed E-state index contributed by atoms with van der Waals surface area (Å²) < 4.78 is 5.40. The van der Waals surface area contributed by atoms with Gasteiger partial charge in [-0.2, -0.15) is 0 Å². The molecule has 4 rings (SSSR count). The molecule has 0 bridgehead atoms. The number of nitrogens with zero attached hydrogens (tertiary/aromatic N) is 3. The van der Waals surface area contributed by atoms with E-state index in [1.807, 2.05) is 11.9 Å². The van der Waals surface area contributed by atoms with E-state index < -0.39 is 11.7 Å². The molecule has 1 amide bonds. The third kappa shape index (κ3) is 3.76. The van der Waals surface area contributed by atoms with Gasteiger partial charge in [0.2, 0.25) is 0 Å². The summed E-state index contributed by atoms with van der Waals surface area (Å²) in [6, 6.07) is 13.4. The molecule has 2 aromatic carbocycles. The summed E-state index contributed by atoms with van der Waals surface area (Å²) in [5, 5.41) is 0.454. The molecule has 0 N–H and O–H groups in total. The average Bonchev–Trinajstić information content (AvgIpc) is 2.93. The lowest BCUT2D eigenvalue weighted by Crippen LogP contribution is -2.39. The van der Waals surface area contributed by atoms with Crippen LogP contribution in [0.15, 0.2) is 42.5 Å². The predicted molar refractivity (Wildman–Crippen MR) is 109 cm³/mol. The van der Waals surface area contributed by atoms with Gasteiger partial charge >= 0.3 is 5.91 Å². The fraction of sp³-hybridized carbons (Fsp3) is 0.333. The summed E-state index contributed by atoms with van der Waals surface area (Å²) >= 11 is 5.96. The Bertz CT molecular complexity index is 894. The van der Waals surface area contributed by atoms with Crippen LogP contribution >= 0.6 is 11.6 Å². The molecular formula is C21H22ClN3O3. The van der Waals surface area contributed by atoms with Gasteiger partial charge in [-0.15, -0.1) is 0 Å². The maximum atomic E-state index is 12.4. The van der Waals surface area contributed by atoms with Gasteiger partial charge in [-0.3, -0.25) is 19.4 Å². The molecule has 1 saturated heterocycles. The lowest BCUT2D eigenvalue weighted by molar-refractivity contribution is -0.114. The van der Waals surface area contributed by atoms with Crippen molar-refractivity contribution in [3.8, 4) is 0 Å². The van der Waals surface area contributed by atoms with E-state index in [1.54, 1.807) is 18.2 Å². The van der Waals surface area contributed by atoms with Crippen molar-refractivity contribution in [1.29, 1.82) is 0 Å². The first-order valence-electron chi connectivity index (χ1n) is 9.29. The van der Waals surface area contributed by atoms with Crippen LogP contribution in [-0.4, -0.2) is 56.6 Å². The van der Waals surface area contributed by atoms with Crippen molar-refractivity contribution in [2.45, 2.75) is 6.54 Å². The van der Waals surface area contributed by atoms with Gasteiger partial charge in [0.15, 0.2) is 0 Å². The molecule has 0 atom stereocenters. The highest BCUT2D eigenvalue weighted by molar-refractivity contribution is 6.52. The van der Waals surface area contributed by atoms with E-state index in [-0.39, 0.29) is 0 Å². The fourth-order valence-corrected chi connectivity index (χ4v) is 3.82. The molecule has 0 radical (unpaired) electrons. The highest BCUT2D eigenvalue weighted by Gasteiger charge is 2.36. The number of carbonyl (C=O) groups excluding carboxylic acids is 2. The number of anilines is 2. The molecule has 2 aliphatic heterocycles. The van der Waals surface area contributed by atoms with Crippen LogP contribution in [0.4, 0.5) is 11.4 Å². The third-order valence-electron chi connectivity index (χ3n) is 5.08. The van der Waals surface area contributed by atoms with Gasteiger partial charge in [-0.25, -0.2) is 0 Å². The van der Waals surface area contributed by atoms with E-state index in [2.05, 4.69) is 29.2 Å². The quantitative estimate of drug-likeness (QED) is 0.724. The van der Waals surface area contributed by atoms with Gasteiger partial charge in [0.05, 0.1) is 31.1 Å². The Hall–Kier alpha value is -2.41. The Morgan fingerprint density at radius 3 is 2.50 bits per heavy atom. The Morgan fingerprint density at radius 2 is 1.79 bits per heavy atom. The summed E-state index contributed by atoms with van der Waals surface area (Å²) in [4.78, 5) is 30.4. The number of hydrogen-bond acceptors (Lipinski definition) is 5. The molecule has 2 aromatic rings. The predicted octanol–water partition coefficient (Wildman–Crippen LogP) is 2.80. The highest BCUT2D eigenvalue weighted by Crippen LogP contribution is 2.31. The molecule has 2 heterocycles. The SMILES string of the molecule is CN(Cc1ccc(N2CCOCC2)cc1)CN1C(=O)C(=O)c2cc(Cl)ccc21. The van der Waals surface area contributed by atoms with Crippen LogP contribution in [0, 0.1) is 0 Å². The topological polar surface area (TPSA) is 53.1 Å². The van der Waals surface area contributed by atoms with Crippen molar-refractivity contribution in [2.24, 2.45) is 0 Å². The van der Waals surface area contributed by atoms with Crippen LogP contribution in [0.25, 0.3) is 0 Å². The maximum Gasteiger partial charge on any atom is 0.300 e. The van der Waals surface area contributed by atoms with Crippen molar-refractivity contribution in [3.05, 3.63) is 58.6 Å². The molecule has 7 heteroatoms. The van der Waals surface area contributed by atoms with Crippen molar-refractivity contribution in [3.63, 3.8) is 0 Å². The van der Waals surface area contributed by atoms with Gasteiger partial charge in [0.1, 0.15) is 0 Å². The van der Waals surface area contributed by atoms with Gasteiger partial charge in [0, 0.05) is 30.3 Å². The largest absolute Gasteiger partial charge is 0.378 e. The Balaban J connectivity index is 1.41. The number of benzene rings is 2. The normalized spacial score (nSPS) is 16.8. The number of rotatable bonds is 5. The lowest BCUT2D eigenvalue weighted by Gasteiger charge is -2.29. The van der Waals surface area contributed by atoms with Crippen molar-refractivity contribution in [2.75, 3.05) is 49.8 Å².